The summed E-state index contributed by atoms with van der Waals surface area (Å²) in [6.07, 6.45) is 0. The molecule has 0 saturated carbocycles. The van der Waals surface area contributed by atoms with E-state index in [2.05, 4.69) is 5.32 Å². The maximum atomic E-state index is 10.8. The first-order valence-electron chi connectivity index (χ1n) is 4.44. The molecule has 82 valence electrons. The lowest BCUT2D eigenvalue weighted by Crippen LogP contribution is -2.03. The van der Waals surface area contributed by atoms with Crippen molar-refractivity contribution in [3.8, 4) is 5.75 Å². The summed E-state index contributed by atoms with van der Waals surface area (Å²) in [6.45, 7) is 2.63. The molecule has 0 aliphatic carbocycles. The van der Waals surface area contributed by atoms with Gasteiger partial charge in [-0.15, -0.1) is 0 Å². The molecule has 0 saturated heterocycles. The summed E-state index contributed by atoms with van der Waals surface area (Å²) >= 11 is 5.90. The van der Waals surface area contributed by atoms with E-state index in [0.717, 1.165) is 0 Å². The van der Waals surface area contributed by atoms with Gasteiger partial charge >= 0.3 is 5.97 Å². The maximum Gasteiger partial charge on any atom is 0.339 e. The molecule has 5 heteroatoms. The molecule has 0 aromatic heterocycles. The van der Waals surface area contributed by atoms with E-state index in [1.165, 1.54) is 13.2 Å². The Balaban J connectivity index is 3.22. The molecule has 1 aromatic rings. The molecule has 0 atom stereocenters. The molecule has 0 aliphatic rings. The monoisotopic (exact) mass is 229 g/mol. The van der Waals surface area contributed by atoms with Gasteiger partial charge in [0.25, 0.3) is 0 Å². The molecule has 4 nitrogen and oxygen atoms in total. The molecule has 0 bridgehead atoms. The van der Waals surface area contributed by atoms with Gasteiger partial charge in [-0.3, -0.25) is 0 Å². The van der Waals surface area contributed by atoms with Crippen LogP contribution in [0, 0.1) is 0 Å². The fourth-order valence-corrected chi connectivity index (χ4v) is 1.45. The Morgan fingerprint density at radius 2 is 2.27 bits per heavy atom. The van der Waals surface area contributed by atoms with Crippen LogP contribution in [0.15, 0.2) is 12.1 Å². The lowest BCUT2D eigenvalue weighted by atomic mass is 10.2. The van der Waals surface area contributed by atoms with Gasteiger partial charge in [-0.25, -0.2) is 4.79 Å². The van der Waals surface area contributed by atoms with E-state index in [1.54, 1.807) is 6.07 Å². The smallest absolute Gasteiger partial charge is 0.339 e. The first kappa shape index (κ1) is 11.7. The van der Waals surface area contributed by atoms with Crippen LogP contribution < -0.4 is 10.1 Å². The zero-order valence-electron chi connectivity index (χ0n) is 8.50. The van der Waals surface area contributed by atoms with E-state index in [9.17, 15) is 4.79 Å². The largest absolute Gasteiger partial charge is 0.496 e. The van der Waals surface area contributed by atoms with Gasteiger partial charge in [-0.2, -0.15) is 0 Å². The summed E-state index contributed by atoms with van der Waals surface area (Å²) in [6, 6.07) is 2.95. The molecule has 0 spiro atoms. The highest BCUT2D eigenvalue weighted by atomic mass is 35.5. The molecule has 0 unspecified atom stereocenters. The topological polar surface area (TPSA) is 58.6 Å². The van der Waals surface area contributed by atoms with E-state index in [4.69, 9.17) is 21.4 Å². The summed E-state index contributed by atoms with van der Waals surface area (Å²) in [5.41, 5.74) is 0.727. The molecule has 2 N–H and O–H groups in total. The molecule has 0 aliphatic heterocycles. The van der Waals surface area contributed by atoms with E-state index in [1.807, 2.05) is 6.92 Å². The molecule has 0 fully saturated rings. The number of carboxylic acids is 1. The van der Waals surface area contributed by atoms with E-state index in [-0.39, 0.29) is 5.56 Å². The Labute approximate surface area is 92.8 Å². The predicted octanol–water partition coefficient (Wildman–Crippen LogP) is 2.48. The maximum absolute atomic E-state index is 10.8. The SMILES string of the molecule is CCNc1cc(OC)c(C(=O)O)cc1Cl. The standard InChI is InChI=1S/C10H12ClNO3/c1-3-12-8-5-9(15-2)6(10(13)14)4-7(8)11/h4-5,12H,3H2,1-2H3,(H,13,14). The predicted molar refractivity (Wildman–Crippen MR) is 59.1 cm³/mol. The quantitative estimate of drug-likeness (QED) is 0.833. The minimum atomic E-state index is -1.06. The van der Waals surface area contributed by atoms with Crippen molar-refractivity contribution in [3.63, 3.8) is 0 Å². The van der Waals surface area contributed by atoms with E-state index < -0.39 is 5.97 Å². The van der Waals surface area contributed by atoms with Gasteiger partial charge in [0, 0.05) is 12.6 Å². The van der Waals surface area contributed by atoms with E-state index >= 15 is 0 Å². The zero-order chi connectivity index (χ0) is 11.4. The summed E-state index contributed by atoms with van der Waals surface area (Å²) in [5.74, 6) is -0.764. The fourth-order valence-electron chi connectivity index (χ4n) is 1.22. The minimum Gasteiger partial charge on any atom is -0.496 e. The molecular weight excluding hydrogens is 218 g/mol. The van der Waals surface area contributed by atoms with Crippen molar-refractivity contribution < 1.29 is 14.6 Å². The second-order valence-corrected chi connectivity index (χ2v) is 3.28. The number of methoxy groups -OCH3 is 1. The molecule has 0 amide bonds. The van der Waals surface area contributed by atoms with Crippen LogP contribution in [-0.2, 0) is 0 Å². The number of rotatable bonds is 4. The molecule has 1 aromatic carbocycles. The van der Waals surface area contributed by atoms with Gasteiger partial charge in [0.1, 0.15) is 11.3 Å². The Hall–Kier alpha value is -1.42. The van der Waals surface area contributed by atoms with Crippen LogP contribution in [0.1, 0.15) is 17.3 Å². The number of hydrogen-bond donors (Lipinski definition) is 2. The van der Waals surface area contributed by atoms with Crippen LogP contribution in [-0.4, -0.2) is 24.7 Å². The third kappa shape index (κ3) is 2.53. The second kappa shape index (κ2) is 4.89. The molecule has 0 heterocycles. The van der Waals surface area contributed by atoms with Crippen LogP contribution in [0.2, 0.25) is 5.02 Å². The van der Waals surface area contributed by atoms with Crippen molar-refractivity contribution in [1.29, 1.82) is 0 Å². The zero-order valence-corrected chi connectivity index (χ0v) is 9.26. The van der Waals surface area contributed by atoms with Gasteiger partial charge < -0.3 is 15.2 Å². The van der Waals surface area contributed by atoms with Crippen LogP contribution in [0.4, 0.5) is 5.69 Å². The summed E-state index contributed by atoms with van der Waals surface area (Å²) in [5, 5.41) is 12.3. The fraction of sp³-hybridized carbons (Fsp3) is 0.300. The van der Waals surface area contributed by atoms with E-state index in [0.29, 0.717) is 23.0 Å². The summed E-state index contributed by atoms with van der Waals surface area (Å²) in [7, 11) is 1.42. The lowest BCUT2D eigenvalue weighted by molar-refractivity contribution is 0.0693. The number of halogens is 1. The summed E-state index contributed by atoms with van der Waals surface area (Å²) in [4.78, 5) is 10.8. The highest BCUT2D eigenvalue weighted by molar-refractivity contribution is 6.33. The number of carbonyl (C=O) groups is 1. The van der Waals surface area contributed by atoms with Crippen molar-refractivity contribution >= 4 is 23.3 Å². The van der Waals surface area contributed by atoms with Gasteiger partial charge in [0.05, 0.1) is 17.8 Å². The Kier molecular flexibility index (Phi) is 3.80. The van der Waals surface area contributed by atoms with Crippen molar-refractivity contribution in [2.75, 3.05) is 19.0 Å². The number of aromatic carboxylic acids is 1. The number of nitrogens with one attached hydrogen (secondary N) is 1. The van der Waals surface area contributed by atoms with Crippen molar-refractivity contribution in [3.05, 3.63) is 22.7 Å². The second-order valence-electron chi connectivity index (χ2n) is 2.87. The van der Waals surface area contributed by atoms with Gasteiger partial charge in [-0.1, -0.05) is 11.6 Å². The van der Waals surface area contributed by atoms with Crippen LogP contribution in [0.5, 0.6) is 5.75 Å². The van der Waals surface area contributed by atoms with Crippen molar-refractivity contribution in [2.24, 2.45) is 0 Å². The summed E-state index contributed by atoms with van der Waals surface area (Å²) < 4.78 is 4.97. The van der Waals surface area contributed by atoms with Gasteiger partial charge in [-0.05, 0) is 13.0 Å². The molecular formula is C10H12ClNO3. The molecule has 1 rings (SSSR count). The number of hydrogen-bond acceptors (Lipinski definition) is 3. The van der Waals surface area contributed by atoms with Crippen molar-refractivity contribution in [2.45, 2.75) is 6.92 Å². The van der Waals surface area contributed by atoms with Crippen LogP contribution >= 0.6 is 11.6 Å². The Morgan fingerprint density at radius 1 is 1.60 bits per heavy atom. The average molecular weight is 230 g/mol. The average Bonchev–Trinajstić information content (AvgIpc) is 2.20. The third-order valence-corrected chi connectivity index (χ3v) is 2.20. The normalized spacial score (nSPS) is 9.80. The number of anilines is 1. The van der Waals surface area contributed by atoms with Gasteiger partial charge in [0.2, 0.25) is 0 Å². The highest BCUT2D eigenvalue weighted by Crippen LogP contribution is 2.30. The minimum absolute atomic E-state index is 0.0594. The van der Waals surface area contributed by atoms with Crippen LogP contribution in [0.25, 0.3) is 0 Å². The Bertz CT molecular complexity index is 379. The Morgan fingerprint density at radius 3 is 2.73 bits per heavy atom. The molecule has 0 radical (unpaired) electrons. The lowest BCUT2D eigenvalue weighted by Gasteiger charge is -2.10. The number of ether oxygens (including phenoxy) is 1. The highest BCUT2D eigenvalue weighted by Gasteiger charge is 2.14. The number of benzene rings is 1. The van der Waals surface area contributed by atoms with Gasteiger partial charge in [0.15, 0.2) is 0 Å². The first-order valence-corrected chi connectivity index (χ1v) is 4.82. The first-order chi connectivity index (χ1) is 7.10. The van der Waals surface area contributed by atoms with Crippen molar-refractivity contribution in [1.82, 2.24) is 0 Å². The third-order valence-electron chi connectivity index (χ3n) is 1.89. The van der Waals surface area contributed by atoms with Crippen LogP contribution in [0.3, 0.4) is 0 Å². The number of carboxylic acid groups (broad SMARTS) is 1. The molecule has 15 heavy (non-hydrogen) atoms.